The van der Waals surface area contributed by atoms with Crippen LogP contribution in [-0.2, 0) is 0 Å². The second-order valence-electron chi connectivity index (χ2n) is 3.57. The molecule has 0 saturated carbocycles. The van der Waals surface area contributed by atoms with Crippen molar-refractivity contribution in [2.75, 3.05) is 0 Å². The summed E-state index contributed by atoms with van der Waals surface area (Å²) in [6, 6.07) is 11.4. The Hall–Kier alpha value is -1.68. The van der Waals surface area contributed by atoms with Crippen molar-refractivity contribution in [3.05, 3.63) is 58.3 Å². The fraction of sp³-hybridized carbons (Fsp3) is 0. The van der Waals surface area contributed by atoms with E-state index in [9.17, 15) is 9.18 Å². The molecule has 2 rings (SSSR count). The molecular formula is C13H9BrFNO. The lowest BCUT2D eigenvalue weighted by atomic mass is 10.0. The van der Waals surface area contributed by atoms with Gasteiger partial charge in [0.05, 0.1) is 5.56 Å². The van der Waals surface area contributed by atoms with Gasteiger partial charge in [0.1, 0.15) is 5.82 Å². The first-order valence-corrected chi connectivity index (χ1v) is 5.72. The lowest BCUT2D eigenvalue weighted by Crippen LogP contribution is -2.11. The molecule has 0 saturated heterocycles. The molecule has 2 aromatic rings. The summed E-state index contributed by atoms with van der Waals surface area (Å²) in [5, 5.41) is 0. The van der Waals surface area contributed by atoms with Crippen LogP contribution in [0.5, 0.6) is 0 Å². The first-order chi connectivity index (χ1) is 8.08. The van der Waals surface area contributed by atoms with Crippen molar-refractivity contribution in [2.24, 2.45) is 5.73 Å². The molecule has 0 aliphatic carbocycles. The topological polar surface area (TPSA) is 43.1 Å². The fourth-order valence-corrected chi connectivity index (χ4v) is 2.11. The first-order valence-electron chi connectivity index (χ1n) is 4.93. The SMILES string of the molecule is NC(=O)c1ccc(-c2ccc(F)cc2)cc1Br. The molecule has 0 aliphatic heterocycles. The van der Waals surface area contributed by atoms with Crippen LogP contribution >= 0.6 is 15.9 Å². The van der Waals surface area contributed by atoms with Gasteiger partial charge in [-0.05, 0) is 51.3 Å². The maximum atomic E-state index is 12.8. The van der Waals surface area contributed by atoms with Gasteiger partial charge in [0.2, 0.25) is 5.91 Å². The molecular weight excluding hydrogens is 285 g/mol. The lowest BCUT2D eigenvalue weighted by Gasteiger charge is -2.05. The maximum Gasteiger partial charge on any atom is 0.249 e. The summed E-state index contributed by atoms with van der Waals surface area (Å²) in [5.74, 6) is -0.760. The Labute approximate surface area is 106 Å². The molecule has 2 nitrogen and oxygen atoms in total. The second-order valence-corrected chi connectivity index (χ2v) is 4.42. The van der Waals surface area contributed by atoms with E-state index < -0.39 is 5.91 Å². The van der Waals surface area contributed by atoms with Gasteiger partial charge < -0.3 is 5.73 Å². The third-order valence-electron chi connectivity index (χ3n) is 2.41. The van der Waals surface area contributed by atoms with Gasteiger partial charge in [-0.15, -0.1) is 0 Å². The third-order valence-corrected chi connectivity index (χ3v) is 3.07. The molecule has 2 aromatic carbocycles. The molecule has 4 heteroatoms. The minimum Gasteiger partial charge on any atom is -0.366 e. The smallest absolute Gasteiger partial charge is 0.249 e. The Bertz CT molecular complexity index is 566. The van der Waals surface area contributed by atoms with Crippen molar-refractivity contribution in [2.45, 2.75) is 0 Å². The van der Waals surface area contributed by atoms with Crippen LogP contribution < -0.4 is 5.73 Å². The predicted molar refractivity (Wildman–Crippen MR) is 68.1 cm³/mol. The molecule has 0 atom stereocenters. The zero-order valence-corrected chi connectivity index (χ0v) is 10.4. The molecule has 0 aliphatic rings. The van der Waals surface area contributed by atoms with Gasteiger partial charge in [-0.2, -0.15) is 0 Å². The summed E-state index contributed by atoms with van der Waals surface area (Å²) >= 11 is 3.28. The monoisotopic (exact) mass is 293 g/mol. The molecule has 17 heavy (non-hydrogen) atoms. The van der Waals surface area contributed by atoms with E-state index in [1.54, 1.807) is 30.3 Å². The van der Waals surface area contributed by atoms with Gasteiger partial charge in [-0.1, -0.05) is 18.2 Å². The Balaban J connectivity index is 2.44. The molecule has 0 bridgehead atoms. The molecule has 1 amide bonds. The normalized spacial score (nSPS) is 10.2. The maximum absolute atomic E-state index is 12.8. The Morgan fingerprint density at radius 3 is 2.18 bits per heavy atom. The number of benzene rings is 2. The number of carbonyl (C=O) groups excluding carboxylic acids is 1. The highest BCUT2D eigenvalue weighted by Gasteiger charge is 2.07. The summed E-state index contributed by atoms with van der Waals surface area (Å²) in [5.41, 5.74) is 7.40. The number of hydrogen-bond donors (Lipinski definition) is 1. The van der Waals surface area contributed by atoms with E-state index in [1.165, 1.54) is 12.1 Å². The van der Waals surface area contributed by atoms with E-state index in [-0.39, 0.29) is 5.82 Å². The summed E-state index contributed by atoms with van der Waals surface area (Å²) in [6.45, 7) is 0. The van der Waals surface area contributed by atoms with Crippen molar-refractivity contribution in [1.29, 1.82) is 0 Å². The van der Waals surface area contributed by atoms with Crippen molar-refractivity contribution in [1.82, 2.24) is 0 Å². The largest absolute Gasteiger partial charge is 0.366 e. The molecule has 0 fully saturated rings. The van der Waals surface area contributed by atoms with Crippen LogP contribution in [0.15, 0.2) is 46.9 Å². The van der Waals surface area contributed by atoms with Crippen LogP contribution in [0.2, 0.25) is 0 Å². The molecule has 2 N–H and O–H groups in total. The molecule has 0 unspecified atom stereocenters. The number of halogens is 2. The highest BCUT2D eigenvalue weighted by Crippen LogP contribution is 2.25. The van der Waals surface area contributed by atoms with Crippen molar-refractivity contribution < 1.29 is 9.18 Å². The van der Waals surface area contributed by atoms with Gasteiger partial charge in [-0.3, -0.25) is 4.79 Å². The minimum atomic E-state index is -0.484. The van der Waals surface area contributed by atoms with Crippen LogP contribution in [0.4, 0.5) is 4.39 Å². The molecule has 0 spiro atoms. The predicted octanol–water partition coefficient (Wildman–Crippen LogP) is 3.35. The van der Waals surface area contributed by atoms with E-state index in [0.29, 0.717) is 10.0 Å². The van der Waals surface area contributed by atoms with Crippen LogP contribution in [0.25, 0.3) is 11.1 Å². The quantitative estimate of drug-likeness (QED) is 0.906. The van der Waals surface area contributed by atoms with E-state index in [1.807, 2.05) is 0 Å². The van der Waals surface area contributed by atoms with Crippen LogP contribution in [0.1, 0.15) is 10.4 Å². The summed E-state index contributed by atoms with van der Waals surface area (Å²) in [4.78, 5) is 11.1. The Morgan fingerprint density at radius 1 is 1.06 bits per heavy atom. The van der Waals surface area contributed by atoms with E-state index in [4.69, 9.17) is 5.73 Å². The molecule has 0 heterocycles. The number of nitrogens with two attached hydrogens (primary N) is 1. The van der Waals surface area contributed by atoms with Gasteiger partial charge in [0.25, 0.3) is 0 Å². The highest BCUT2D eigenvalue weighted by atomic mass is 79.9. The number of rotatable bonds is 2. The van der Waals surface area contributed by atoms with Gasteiger partial charge in [0.15, 0.2) is 0 Å². The number of amides is 1. The van der Waals surface area contributed by atoms with Gasteiger partial charge in [-0.25, -0.2) is 4.39 Å². The summed E-state index contributed by atoms with van der Waals surface area (Å²) in [7, 11) is 0. The molecule has 86 valence electrons. The second kappa shape index (κ2) is 4.67. The average molecular weight is 294 g/mol. The highest BCUT2D eigenvalue weighted by molar-refractivity contribution is 9.10. The number of hydrogen-bond acceptors (Lipinski definition) is 1. The lowest BCUT2D eigenvalue weighted by molar-refractivity contribution is 0.0999. The summed E-state index contributed by atoms with van der Waals surface area (Å²) in [6.07, 6.45) is 0. The van der Waals surface area contributed by atoms with Gasteiger partial charge in [0, 0.05) is 4.47 Å². The molecule has 0 radical (unpaired) electrons. The summed E-state index contributed by atoms with van der Waals surface area (Å²) < 4.78 is 13.4. The zero-order valence-electron chi connectivity index (χ0n) is 8.78. The number of carbonyl (C=O) groups is 1. The van der Waals surface area contributed by atoms with Crippen molar-refractivity contribution in [3.8, 4) is 11.1 Å². The van der Waals surface area contributed by atoms with Gasteiger partial charge >= 0.3 is 0 Å². The van der Waals surface area contributed by atoms with Crippen LogP contribution in [0, 0.1) is 5.82 Å². The standard InChI is InChI=1S/C13H9BrFNO/c14-12-7-9(3-6-11(12)13(16)17)8-1-4-10(15)5-2-8/h1-7H,(H2,16,17). The Morgan fingerprint density at radius 2 is 1.65 bits per heavy atom. The van der Waals surface area contributed by atoms with Crippen LogP contribution in [-0.4, -0.2) is 5.91 Å². The van der Waals surface area contributed by atoms with E-state index >= 15 is 0 Å². The fourth-order valence-electron chi connectivity index (χ4n) is 1.54. The van der Waals surface area contributed by atoms with Crippen molar-refractivity contribution in [3.63, 3.8) is 0 Å². The Kier molecular flexibility index (Phi) is 3.24. The average Bonchev–Trinajstić information content (AvgIpc) is 2.29. The first kappa shape index (κ1) is 11.8. The van der Waals surface area contributed by atoms with E-state index in [2.05, 4.69) is 15.9 Å². The number of primary amides is 1. The van der Waals surface area contributed by atoms with Crippen molar-refractivity contribution >= 4 is 21.8 Å². The molecule has 0 aromatic heterocycles. The minimum absolute atomic E-state index is 0.276. The third kappa shape index (κ3) is 2.53. The zero-order chi connectivity index (χ0) is 12.4. The van der Waals surface area contributed by atoms with E-state index in [0.717, 1.165) is 11.1 Å². The van der Waals surface area contributed by atoms with Crippen LogP contribution in [0.3, 0.4) is 0 Å².